The summed E-state index contributed by atoms with van der Waals surface area (Å²) < 4.78 is 6.20. The molecule has 0 aliphatic carbocycles. The monoisotopic (exact) mass is 273 g/mol. The molecule has 1 heterocycles. The van der Waals surface area contributed by atoms with Crippen LogP contribution in [0.25, 0.3) is 0 Å². The van der Waals surface area contributed by atoms with Crippen LogP contribution >= 0.6 is 0 Å². The Labute approximate surface area is 116 Å². The van der Waals surface area contributed by atoms with Gasteiger partial charge in [-0.15, -0.1) is 0 Å². The largest absolute Gasteiger partial charge is 0.461 e. The molecule has 0 spiro atoms. The van der Waals surface area contributed by atoms with Gasteiger partial charge in [-0.05, 0) is 19.1 Å². The van der Waals surface area contributed by atoms with Crippen LogP contribution in [0, 0.1) is 0 Å². The van der Waals surface area contributed by atoms with Crippen LogP contribution in [0.1, 0.15) is 27.9 Å². The third kappa shape index (κ3) is 3.03. The van der Waals surface area contributed by atoms with Gasteiger partial charge in [-0.1, -0.05) is 18.2 Å². The van der Waals surface area contributed by atoms with E-state index >= 15 is 0 Å². The standard InChI is InChI=1S/C14H15N3O3/c1-3-20-14(19)11-9-12(17(2)16-11)13(18)15-10-7-5-4-6-8-10/h4-9H,3H2,1-2H3,(H,15,18). The van der Waals surface area contributed by atoms with E-state index < -0.39 is 5.97 Å². The first kappa shape index (κ1) is 13.8. The Kier molecular flexibility index (Phi) is 4.14. The van der Waals surface area contributed by atoms with Crippen LogP contribution in [0.15, 0.2) is 36.4 Å². The molecule has 0 unspecified atom stereocenters. The number of rotatable bonds is 4. The molecule has 0 aliphatic rings. The maximum Gasteiger partial charge on any atom is 0.358 e. The zero-order chi connectivity index (χ0) is 14.5. The number of hydrogen-bond donors (Lipinski definition) is 1. The van der Waals surface area contributed by atoms with Crippen LogP contribution in [0.3, 0.4) is 0 Å². The topological polar surface area (TPSA) is 73.2 Å². The van der Waals surface area contributed by atoms with Crippen LogP contribution in [0.4, 0.5) is 5.69 Å². The number of anilines is 1. The van der Waals surface area contributed by atoms with Gasteiger partial charge in [-0.2, -0.15) is 5.10 Å². The van der Waals surface area contributed by atoms with Crippen molar-refractivity contribution in [3.8, 4) is 0 Å². The molecule has 1 amide bonds. The van der Waals surface area contributed by atoms with E-state index in [1.165, 1.54) is 10.7 Å². The van der Waals surface area contributed by atoms with Crippen molar-refractivity contribution in [1.82, 2.24) is 9.78 Å². The highest BCUT2D eigenvalue weighted by molar-refractivity contribution is 6.04. The lowest BCUT2D eigenvalue weighted by Crippen LogP contribution is -2.15. The van der Waals surface area contributed by atoms with Crippen LogP contribution < -0.4 is 5.32 Å². The van der Waals surface area contributed by atoms with Crippen molar-refractivity contribution in [3.05, 3.63) is 47.8 Å². The molecule has 1 aromatic carbocycles. The summed E-state index contributed by atoms with van der Waals surface area (Å²) in [4.78, 5) is 23.7. The Morgan fingerprint density at radius 3 is 2.65 bits per heavy atom. The van der Waals surface area contributed by atoms with E-state index in [1.54, 1.807) is 26.1 Å². The smallest absolute Gasteiger partial charge is 0.358 e. The van der Waals surface area contributed by atoms with Crippen LogP contribution in [0.5, 0.6) is 0 Å². The number of amides is 1. The number of hydrogen-bond acceptors (Lipinski definition) is 4. The molecule has 0 aliphatic heterocycles. The molecule has 0 saturated carbocycles. The number of carbonyl (C=O) groups excluding carboxylic acids is 2. The number of para-hydroxylation sites is 1. The second-order valence-corrected chi connectivity index (χ2v) is 4.08. The second kappa shape index (κ2) is 6.01. The number of aryl methyl sites for hydroxylation is 1. The highest BCUT2D eigenvalue weighted by Crippen LogP contribution is 2.10. The van der Waals surface area contributed by atoms with Gasteiger partial charge < -0.3 is 10.1 Å². The summed E-state index contributed by atoms with van der Waals surface area (Å²) in [6, 6.07) is 10.5. The molecule has 104 valence electrons. The summed E-state index contributed by atoms with van der Waals surface area (Å²) in [5, 5.41) is 6.70. The van der Waals surface area contributed by atoms with Gasteiger partial charge in [0.25, 0.3) is 5.91 Å². The van der Waals surface area contributed by atoms with Crippen LogP contribution in [-0.4, -0.2) is 28.3 Å². The van der Waals surface area contributed by atoms with Gasteiger partial charge in [-0.3, -0.25) is 9.48 Å². The summed E-state index contributed by atoms with van der Waals surface area (Å²) in [6.07, 6.45) is 0. The molecule has 6 nitrogen and oxygen atoms in total. The van der Waals surface area contributed by atoms with Crippen molar-refractivity contribution >= 4 is 17.6 Å². The van der Waals surface area contributed by atoms with Gasteiger partial charge in [0, 0.05) is 18.8 Å². The quantitative estimate of drug-likeness (QED) is 0.863. The predicted octanol–water partition coefficient (Wildman–Crippen LogP) is 1.85. The van der Waals surface area contributed by atoms with Crippen molar-refractivity contribution in [3.63, 3.8) is 0 Å². The Hall–Kier alpha value is -2.63. The maximum absolute atomic E-state index is 12.1. The predicted molar refractivity (Wildman–Crippen MR) is 73.6 cm³/mol. The number of nitrogens with one attached hydrogen (secondary N) is 1. The summed E-state index contributed by atoms with van der Waals surface area (Å²) in [7, 11) is 1.60. The van der Waals surface area contributed by atoms with Crippen LogP contribution in [-0.2, 0) is 11.8 Å². The first-order chi connectivity index (χ1) is 9.61. The lowest BCUT2D eigenvalue weighted by Gasteiger charge is -2.04. The van der Waals surface area contributed by atoms with Gasteiger partial charge in [0.15, 0.2) is 5.69 Å². The molecule has 20 heavy (non-hydrogen) atoms. The molecule has 0 atom stereocenters. The number of esters is 1. The van der Waals surface area contributed by atoms with Crippen molar-refractivity contribution in [2.45, 2.75) is 6.92 Å². The molecule has 0 saturated heterocycles. The van der Waals surface area contributed by atoms with Gasteiger partial charge in [0.1, 0.15) is 5.69 Å². The van der Waals surface area contributed by atoms with Gasteiger partial charge in [0.05, 0.1) is 6.61 Å². The Balaban J connectivity index is 2.16. The highest BCUT2D eigenvalue weighted by atomic mass is 16.5. The fourth-order valence-corrected chi connectivity index (χ4v) is 1.70. The van der Waals surface area contributed by atoms with Gasteiger partial charge >= 0.3 is 5.97 Å². The minimum Gasteiger partial charge on any atom is -0.461 e. The third-order valence-corrected chi connectivity index (χ3v) is 2.63. The molecular formula is C14H15N3O3. The summed E-state index contributed by atoms with van der Waals surface area (Å²) in [5.41, 5.74) is 1.08. The fourth-order valence-electron chi connectivity index (χ4n) is 1.70. The minimum atomic E-state index is -0.540. The maximum atomic E-state index is 12.1. The second-order valence-electron chi connectivity index (χ2n) is 4.08. The molecular weight excluding hydrogens is 258 g/mol. The van der Waals surface area contributed by atoms with E-state index in [2.05, 4.69) is 10.4 Å². The normalized spacial score (nSPS) is 10.1. The van der Waals surface area contributed by atoms with E-state index in [1.807, 2.05) is 18.2 Å². The zero-order valence-electron chi connectivity index (χ0n) is 11.3. The lowest BCUT2D eigenvalue weighted by molar-refractivity contribution is 0.0518. The number of ether oxygens (including phenoxy) is 1. The summed E-state index contributed by atoms with van der Waals surface area (Å²) in [5.74, 6) is -0.872. The molecule has 0 radical (unpaired) electrons. The summed E-state index contributed by atoms with van der Waals surface area (Å²) >= 11 is 0. The van der Waals surface area contributed by atoms with Gasteiger partial charge in [-0.25, -0.2) is 4.79 Å². The first-order valence-corrected chi connectivity index (χ1v) is 6.19. The van der Waals surface area contributed by atoms with Crippen molar-refractivity contribution in [1.29, 1.82) is 0 Å². The minimum absolute atomic E-state index is 0.118. The molecule has 1 N–H and O–H groups in total. The van der Waals surface area contributed by atoms with E-state index in [4.69, 9.17) is 4.74 Å². The SMILES string of the molecule is CCOC(=O)c1cc(C(=O)Nc2ccccc2)n(C)n1. The van der Waals surface area contributed by atoms with E-state index in [9.17, 15) is 9.59 Å². The molecule has 1 aromatic heterocycles. The fraction of sp³-hybridized carbons (Fsp3) is 0.214. The van der Waals surface area contributed by atoms with Crippen LogP contribution in [0.2, 0.25) is 0 Å². The number of aromatic nitrogens is 2. The van der Waals surface area contributed by atoms with Gasteiger partial charge in [0.2, 0.25) is 0 Å². The Morgan fingerprint density at radius 1 is 1.30 bits per heavy atom. The van der Waals surface area contributed by atoms with E-state index in [0.29, 0.717) is 5.69 Å². The average Bonchev–Trinajstić information content (AvgIpc) is 2.82. The Bertz CT molecular complexity index is 620. The van der Waals surface area contributed by atoms with E-state index in [-0.39, 0.29) is 23.9 Å². The van der Waals surface area contributed by atoms with Crippen molar-refractivity contribution < 1.29 is 14.3 Å². The molecule has 2 rings (SSSR count). The first-order valence-electron chi connectivity index (χ1n) is 6.19. The third-order valence-electron chi connectivity index (χ3n) is 2.63. The summed E-state index contributed by atoms with van der Waals surface area (Å²) in [6.45, 7) is 1.98. The highest BCUT2D eigenvalue weighted by Gasteiger charge is 2.18. The van der Waals surface area contributed by atoms with E-state index in [0.717, 1.165) is 0 Å². The lowest BCUT2D eigenvalue weighted by atomic mass is 10.3. The number of carbonyl (C=O) groups is 2. The number of benzene rings is 1. The average molecular weight is 273 g/mol. The molecule has 0 fully saturated rings. The zero-order valence-corrected chi connectivity index (χ0v) is 11.3. The van der Waals surface area contributed by atoms with Crippen molar-refractivity contribution in [2.24, 2.45) is 7.05 Å². The number of nitrogens with zero attached hydrogens (tertiary/aromatic N) is 2. The van der Waals surface area contributed by atoms with Crippen molar-refractivity contribution in [2.75, 3.05) is 11.9 Å². The molecule has 2 aromatic rings. The molecule has 0 bridgehead atoms. The molecule has 6 heteroatoms. The Morgan fingerprint density at radius 2 is 2.00 bits per heavy atom.